The summed E-state index contributed by atoms with van der Waals surface area (Å²) in [5, 5.41) is 11.2. The number of amides is 1. The first kappa shape index (κ1) is 20.8. The summed E-state index contributed by atoms with van der Waals surface area (Å²) in [5.74, 6) is 1.39. The highest BCUT2D eigenvalue weighted by atomic mass is 16.5. The number of carbonyl (C=O) groups is 1. The molecule has 1 atom stereocenters. The second-order valence-corrected chi connectivity index (χ2v) is 8.13. The molecule has 2 fully saturated rings. The van der Waals surface area contributed by atoms with E-state index in [2.05, 4.69) is 41.9 Å². The van der Waals surface area contributed by atoms with Crippen molar-refractivity contribution in [1.82, 2.24) is 5.32 Å². The number of carbonyl (C=O) groups excluding carboxylic acids is 1. The summed E-state index contributed by atoms with van der Waals surface area (Å²) in [6.07, 6.45) is 3.62. The topological polar surface area (TPSA) is 74.6 Å². The van der Waals surface area contributed by atoms with Gasteiger partial charge in [0.2, 0.25) is 5.91 Å². The summed E-state index contributed by atoms with van der Waals surface area (Å²) in [5.41, 5.74) is 3.72. The zero-order valence-electron chi connectivity index (χ0n) is 17.8. The minimum atomic E-state index is -0.360. The molecule has 31 heavy (non-hydrogen) atoms. The number of nitrogens with one attached hydrogen (secondary N) is 1. The number of nitrogens with zero attached hydrogens (tertiary/aromatic N) is 2. The molecule has 1 saturated heterocycles. The lowest BCUT2D eigenvalue weighted by Gasteiger charge is -2.22. The highest BCUT2D eigenvalue weighted by Gasteiger charge is 2.26. The molecule has 6 nitrogen and oxygen atoms in total. The first-order chi connectivity index (χ1) is 15.0. The number of rotatable bonds is 8. The van der Waals surface area contributed by atoms with E-state index in [0.717, 1.165) is 49.4 Å². The van der Waals surface area contributed by atoms with Crippen LogP contribution in [0.5, 0.6) is 11.5 Å². The minimum absolute atomic E-state index is 0.117. The van der Waals surface area contributed by atoms with Gasteiger partial charge in [-0.25, -0.2) is 0 Å². The van der Waals surface area contributed by atoms with E-state index in [-0.39, 0.29) is 18.4 Å². The van der Waals surface area contributed by atoms with Crippen LogP contribution in [0.1, 0.15) is 36.8 Å². The molecule has 160 valence electrons. The largest absolute Gasteiger partial charge is 0.490 e. The highest BCUT2D eigenvalue weighted by Crippen LogP contribution is 2.32. The van der Waals surface area contributed by atoms with Gasteiger partial charge in [-0.05, 0) is 73.4 Å². The average Bonchev–Trinajstić information content (AvgIpc) is 3.44. The molecule has 1 N–H and O–H groups in total. The van der Waals surface area contributed by atoms with E-state index in [0.29, 0.717) is 11.8 Å². The second kappa shape index (κ2) is 9.13. The molecule has 0 spiro atoms. The average molecular weight is 418 g/mol. The van der Waals surface area contributed by atoms with Gasteiger partial charge in [0.15, 0.2) is 0 Å². The zero-order valence-corrected chi connectivity index (χ0v) is 17.8. The van der Waals surface area contributed by atoms with Gasteiger partial charge in [-0.1, -0.05) is 6.58 Å². The van der Waals surface area contributed by atoms with Crippen molar-refractivity contribution in [2.45, 2.75) is 44.8 Å². The van der Waals surface area contributed by atoms with Crippen LogP contribution < -0.4 is 19.7 Å². The first-order valence-electron chi connectivity index (χ1n) is 10.7. The van der Waals surface area contributed by atoms with E-state index in [9.17, 15) is 4.79 Å². The maximum Gasteiger partial charge on any atom is 0.238 e. The van der Waals surface area contributed by atoms with E-state index in [1.54, 1.807) is 0 Å². The molecule has 4 rings (SSSR count). The fraction of sp³-hybridized carbons (Fsp3) is 0.360. The third kappa shape index (κ3) is 5.37. The molecule has 6 heteroatoms. The Labute approximate surface area is 183 Å². The number of aryl methyl sites for hydroxylation is 1. The molecule has 2 aliphatic rings. The zero-order chi connectivity index (χ0) is 21.8. The molecular weight excluding hydrogens is 390 g/mol. The van der Waals surface area contributed by atoms with E-state index in [1.807, 2.05) is 30.3 Å². The summed E-state index contributed by atoms with van der Waals surface area (Å²) in [7, 11) is 0. The third-order valence-corrected chi connectivity index (χ3v) is 5.52. The van der Waals surface area contributed by atoms with Crippen LogP contribution in [0, 0.1) is 18.3 Å². The van der Waals surface area contributed by atoms with Gasteiger partial charge in [-0.15, -0.1) is 0 Å². The Kier molecular flexibility index (Phi) is 6.13. The Bertz CT molecular complexity index is 1010. The predicted octanol–water partition coefficient (Wildman–Crippen LogP) is 4.19. The smallest absolute Gasteiger partial charge is 0.238 e. The summed E-state index contributed by atoms with van der Waals surface area (Å²) >= 11 is 0. The Morgan fingerprint density at radius 1 is 1.13 bits per heavy atom. The van der Waals surface area contributed by atoms with Crippen LogP contribution in [0.25, 0.3) is 5.70 Å². The van der Waals surface area contributed by atoms with E-state index in [1.165, 1.54) is 11.3 Å². The van der Waals surface area contributed by atoms with E-state index < -0.39 is 0 Å². The SMILES string of the molecule is C=C(NC(=O)CC#N)c1ccc(O[C@@H]2CCN(c3ccc(OC4CC4)cc3C)C2)cc1. The molecule has 0 aromatic heterocycles. The van der Waals surface area contributed by atoms with E-state index in [4.69, 9.17) is 14.7 Å². The van der Waals surface area contributed by atoms with Crippen LogP contribution in [-0.2, 0) is 4.79 Å². The van der Waals surface area contributed by atoms with Gasteiger partial charge < -0.3 is 19.7 Å². The van der Waals surface area contributed by atoms with Gasteiger partial charge in [-0.2, -0.15) is 5.26 Å². The van der Waals surface area contributed by atoms with Gasteiger partial charge in [-0.3, -0.25) is 4.79 Å². The molecule has 1 aliphatic carbocycles. The Morgan fingerprint density at radius 2 is 1.84 bits per heavy atom. The predicted molar refractivity (Wildman–Crippen MR) is 120 cm³/mol. The van der Waals surface area contributed by atoms with Gasteiger partial charge in [0.05, 0.1) is 18.7 Å². The molecule has 0 radical (unpaired) electrons. The molecule has 2 aromatic carbocycles. The van der Waals surface area contributed by atoms with Gasteiger partial charge in [0.1, 0.15) is 24.0 Å². The number of ether oxygens (including phenoxy) is 2. The molecule has 1 amide bonds. The fourth-order valence-electron chi connectivity index (χ4n) is 3.76. The number of anilines is 1. The summed E-state index contributed by atoms with van der Waals surface area (Å²) in [6, 6.07) is 15.7. The lowest BCUT2D eigenvalue weighted by Crippen LogP contribution is -2.25. The molecule has 2 aromatic rings. The van der Waals surface area contributed by atoms with Gasteiger partial charge in [0.25, 0.3) is 0 Å². The summed E-state index contributed by atoms with van der Waals surface area (Å²) in [4.78, 5) is 13.9. The normalized spacial score (nSPS) is 17.7. The van der Waals surface area contributed by atoms with Crippen LogP contribution in [-0.4, -0.2) is 31.2 Å². The quantitative estimate of drug-likeness (QED) is 0.697. The maximum atomic E-state index is 11.5. The van der Waals surface area contributed by atoms with Crippen LogP contribution >= 0.6 is 0 Å². The standard InChI is InChI=1S/C25H27N3O3/c1-17-15-22(30-21-7-8-21)9-10-24(17)28-14-12-23(16-28)31-20-5-3-19(4-6-20)18(2)27-25(29)11-13-26/h3-6,9-10,15,21,23H,2,7-8,11-12,14,16H2,1H3,(H,27,29)/t23-/m1/s1. The van der Waals surface area contributed by atoms with Crippen molar-refractivity contribution in [3.05, 3.63) is 60.2 Å². The van der Waals surface area contributed by atoms with Gasteiger partial charge >= 0.3 is 0 Å². The molecule has 0 unspecified atom stereocenters. The van der Waals surface area contributed by atoms with Crippen LogP contribution in [0.15, 0.2) is 49.0 Å². The number of hydrogen-bond acceptors (Lipinski definition) is 5. The van der Waals surface area contributed by atoms with Crippen molar-refractivity contribution in [3.8, 4) is 17.6 Å². The Morgan fingerprint density at radius 3 is 2.52 bits per heavy atom. The van der Waals surface area contributed by atoms with Crippen molar-refractivity contribution in [2.75, 3.05) is 18.0 Å². The lowest BCUT2D eigenvalue weighted by atomic mass is 10.1. The lowest BCUT2D eigenvalue weighted by molar-refractivity contribution is -0.118. The first-order valence-corrected chi connectivity index (χ1v) is 10.7. The summed E-state index contributed by atoms with van der Waals surface area (Å²) in [6.45, 7) is 7.78. The number of hydrogen-bond donors (Lipinski definition) is 1. The van der Waals surface area contributed by atoms with Crippen molar-refractivity contribution < 1.29 is 14.3 Å². The van der Waals surface area contributed by atoms with Gasteiger partial charge in [0, 0.05) is 24.4 Å². The number of benzene rings is 2. The Balaban J connectivity index is 1.31. The number of nitriles is 1. The van der Waals surface area contributed by atoms with Crippen LogP contribution in [0.2, 0.25) is 0 Å². The van der Waals surface area contributed by atoms with E-state index >= 15 is 0 Å². The highest BCUT2D eigenvalue weighted by molar-refractivity contribution is 5.87. The molecule has 1 saturated carbocycles. The Hall–Kier alpha value is -3.46. The minimum Gasteiger partial charge on any atom is -0.490 e. The van der Waals surface area contributed by atoms with Crippen LogP contribution in [0.4, 0.5) is 5.69 Å². The van der Waals surface area contributed by atoms with Crippen molar-refractivity contribution in [2.24, 2.45) is 0 Å². The second-order valence-electron chi connectivity index (χ2n) is 8.13. The molecule has 1 heterocycles. The molecule has 1 aliphatic heterocycles. The molecule has 0 bridgehead atoms. The van der Waals surface area contributed by atoms with Crippen molar-refractivity contribution in [1.29, 1.82) is 5.26 Å². The van der Waals surface area contributed by atoms with Crippen molar-refractivity contribution >= 4 is 17.3 Å². The van der Waals surface area contributed by atoms with Crippen LogP contribution in [0.3, 0.4) is 0 Å². The van der Waals surface area contributed by atoms with Crippen molar-refractivity contribution in [3.63, 3.8) is 0 Å². The monoisotopic (exact) mass is 417 g/mol. The summed E-state index contributed by atoms with van der Waals surface area (Å²) < 4.78 is 12.1. The maximum absolute atomic E-state index is 11.5. The molecular formula is C25H27N3O3. The third-order valence-electron chi connectivity index (χ3n) is 5.52. The fourth-order valence-corrected chi connectivity index (χ4v) is 3.76.